The van der Waals surface area contributed by atoms with Crippen molar-refractivity contribution in [2.24, 2.45) is 0 Å². The first-order chi connectivity index (χ1) is 3.93. The summed E-state index contributed by atoms with van der Waals surface area (Å²) in [5, 5.41) is 1.10. The van der Waals surface area contributed by atoms with Crippen LogP contribution in [0.5, 0.6) is 0 Å². The standard InChI is InChI=1S/C6H9OP/c7-8-6-4-2-1-3-5-6/h1-5,7H,8H3. The molecule has 0 aromatic heterocycles. The summed E-state index contributed by atoms with van der Waals surface area (Å²) >= 11 is 0. The van der Waals surface area contributed by atoms with Crippen LogP contribution in [0.4, 0.5) is 0 Å². The molecule has 2 heteroatoms. The van der Waals surface area contributed by atoms with Gasteiger partial charge in [0.05, 0.1) is 0 Å². The summed E-state index contributed by atoms with van der Waals surface area (Å²) in [5.74, 6) is 0. The van der Waals surface area contributed by atoms with Gasteiger partial charge in [0.15, 0.2) is 0 Å². The molecule has 1 nitrogen and oxygen atoms in total. The van der Waals surface area contributed by atoms with Gasteiger partial charge in [-0.05, 0) is 0 Å². The molecule has 0 spiro atoms. The summed E-state index contributed by atoms with van der Waals surface area (Å²) < 4.78 is 0. The fraction of sp³-hybridized carbons (Fsp3) is 0. The van der Waals surface area contributed by atoms with Crippen LogP contribution in [0.2, 0.25) is 0 Å². The molecular formula is C6H9OP. The molecule has 0 amide bonds. The Morgan fingerprint density at radius 2 is 1.75 bits per heavy atom. The van der Waals surface area contributed by atoms with Crippen molar-refractivity contribution in [3.63, 3.8) is 0 Å². The Morgan fingerprint density at radius 3 is 2.12 bits per heavy atom. The third-order valence-corrected chi connectivity index (χ3v) is 1.86. The predicted octanol–water partition coefficient (Wildman–Crippen LogP) is 0.362. The summed E-state index contributed by atoms with van der Waals surface area (Å²) in [6, 6.07) is 9.74. The molecule has 0 fully saturated rings. The van der Waals surface area contributed by atoms with E-state index < -0.39 is 8.81 Å². The molecule has 8 heavy (non-hydrogen) atoms. The zero-order valence-electron chi connectivity index (χ0n) is 4.54. The Morgan fingerprint density at radius 1 is 1.12 bits per heavy atom. The van der Waals surface area contributed by atoms with Crippen molar-refractivity contribution in [2.45, 2.75) is 0 Å². The third kappa shape index (κ3) is 1.29. The SMILES string of the molecule is O[PH3]c1ccccc1. The monoisotopic (exact) mass is 128 g/mol. The van der Waals surface area contributed by atoms with Crippen LogP contribution in [-0.2, 0) is 0 Å². The van der Waals surface area contributed by atoms with Crippen LogP contribution in [0.25, 0.3) is 0 Å². The topological polar surface area (TPSA) is 20.2 Å². The summed E-state index contributed by atoms with van der Waals surface area (Å²) in [6.07, 6.45) is 0. The normalized spacial score (nSPS) is 9.62. The molecule has 44 valence electrons. The minimum absolute atomic E-state index is 0.909. The third-order valence-electron chi connectivity index (χ3n) is 1.03. The second-order valence-corrected chi connectivity index (χ2v) is 2.78. The van der Waals surface area contributed by atoms with E-state index in [1.807, 2.05) is 30.3 Å². The van der Waals surface area contributed by atoms with Crippen molar-refractivity contribution >= 4 is 14.1 Å². The van der Waals surface area contributed by atoms with E-state index in [0.717, 1.165) is 5.30 Å². The first kappa shape index (κ1) is 5.74. The van der Waals surface area contributed by atoms with Gasteiger partial charge in [0.1, 0.15) is 0 Å². The molecule has 1 N–H and O–H groups in total. The molecule has 1 aromatic rings. The van der Waals surface area contributed by atoms with E-state index in [0.29, 0.717) is 0 Å². The van der Waals surface area contributed by atoms with Crippen LogP contribution < -0.4 is 5.30 Å². The Labute approximate surface area is 50.2 Å². The summed E-state index contributed by atoms with van der Waals surface area (Å²) in [6.45, 7) is 0. The number of hydrogen-bond donors (Lipinski definition) is 1. The Hall–Kier alpha value is -0.390. The number of rotatable bonds is 1. The minimum atomic E-state index is -0.909. The van der Waals surface area contributed by atoms with Crippen molar-refractivity contribution in [1.82, 2.24) is 0 Å². The number of hydrogen-bond acceptors (Lipinski definition) is 1. The molecule has 0 aliphatic carbocycles. The zero-order valence-corrected chi connectivity index (χ0v) is 5.96. The number of benzene rings is 1. The van der Waals surface area contributed by atoms with Crippen molar-refractivity contribution < 1.29 is 4.89 Å². The molecule has 1 rings (SSSR count). The van der Waals surface area contributed by atoms with Crippen LogP contribution >= 0.6 is 8.81 Å². The van der Waals surface area contributed by atoms with Gasteiger partial charge in [-0.15, -0.1) is 0 Å². The van der Waals surface area contributed by atoms with E-state index in [2.05, 4.69) is 0 Å². The van der Waals surface area contributed by atoms with Crippen LogP contribution in [0.1, 0.15) is 0 Å². The van der Waals surface area contributed by atoms with Gasteiger partial charge in [0.25, 0.3) is 0 Å². The van der Waals surface area contributed by atoms with Gasteiger partial charge in [-0.25, -0.2) is 0 Å². The average Bonchev–Trinajstić information content (AvgIpc) is 1.90. The summed E-state index contributed by atoms with van der Waals surface area (Å²) in [4.78, 5) is 8.68. The molecule has 0 bridgehead atoms. The summed E-state index contributed by atoms with van der Waals surface area (Å²) in [7, 11) is -0.909. The molecule has 0 unspecified atom stereocenters. The Kier molecular flexibility index (Phi) is 2.01. The van der Waals surface area contributed by atoms with Gasteiger partial charge in [0, 0.05) is 0 Å². The van der Waals surface area contributed by atoms with Crippen LogP contribution in [-0.4, -0.2) is 4.89 Å². The van der Waals surface area contributed by atoms with Crippen molar-refractivity contribution in [2.75, 3.05) is 0 Å². The van der Waals surface area contributed by atoms with E-state index in [-0.39, 0.29) is 0 Å². The van der Waals surface area contributed by atoms with E-state index in [1.54, 1.807) is 0 Å². The molecule has 0 saturated heterocycles. The maximum absolute atomic E-state index is 8.68. The molecule has 0 heterocycles. The van der Waals surface area contributed by atoms with Crippen LogP contribution in [0, 0.1) is 0 Å². The van der Waals surface area contributed by atoms with E-state index in [1.165, 1.54) is 0 Å². The average molecular weight is 128 g/mol. The molecule has 0 aliphatic rings. The van der Waals surface area contributed by atoms with Gasteiger partial charge >= 0.3 is 49.3 Å². The molecule has 0 saturated carbocycles. The zero-order chi connectivity index (χ0) is 5.82. The van der Waals surface area contributed by atoms with Gasteiger partial charge in [-0.3, -0.25) is 0 Å². The second kappa shape index (κ2) is 2.81. The molecular weight excluding hydrogens is 119 g/mol. The van der Waals surface area contributed by atoms with Crippen molar-refractivity contribution in [1.29, 1.82) is 0 Å². The van der Waals surface area contributed by atoms with E-state index >= 15 is 0 Å². The fourth-order valence-electron chi connectivity index (χ4n) is 0.583. The van der Waals surface area contributed by atoms with E-state index in [4.69, 9.17) is 4.89 Å². The Balaban J connectivity index is 2.83. The second-order valence-electron chi connectivity index (χ2n) is 1.64. The fourth-order valence-corrected chi connectivity index (χ4v) is 1.07. The summed E-state index contributed by atoms with van der Waals surface area (Å²) in [5.41, 5.74) is 0. The van der Waals surface area contributed by atoms with Crippen molar-refractivity contribution in [3.8, 4) is 0 Å². The van der Waals surface area contributed by atoms with Crippen LogP contribution in [0.15, 0.2) is 30.3 Å². The van der Waals surface area contributed by atoms with Gasteiger partial charge in [0.2, 0.25) is 0 Å². The quantitative estimate of drug-likeness (QED) is 0.541. The van der Waals surface area contributed by atoms with Gasteiger partial charge in [-0.1, -0.05) is 0 Å². The molecule has 1 aromatic carbocycles. The molecule has 0 radical (unpaired) electrons. The predicted molar refractivity (Wildman–Crippen MR) is 39.4 cm³/mol. The molecule has 0 aliphatic heterocycles. The first-order valence-corrected chi connectivity index (χ1v) is 3.92. The van der Waals surface area contributed by atoms with Crippen LogP contribution in [0.3, 0.4) is 0 Å². The Bertz CT molecular complexity index is 150. The van der Waals surface area contributed by atoms with Crippen molar-refractivity contribution in [3.05, 3.63) is 30.3 Å². The molecule has 0 atom stereocenters. The van der Waals surface area contributed by atoms with Gasteiger partial charge in [-0.2, -0.15) is 0 Å². The first-order valence-electron chi connectivity index (χ1n) is 2.58. The van der Waals surface area contributed by atoms with E-state index in [9.17, 15) is 0 Å². The maximum atomic E-state index is 8.68. The van der Waals surface area contributed by atoms with Gasteiger partial charge < -0.3 is 0 Å².